The maximum atomic E-state index is 13.1. The third-order valence-corrected chi connectivity index (χ3v) is 5.41. The Morgan fingerprint density at radius 2 is 1.90 bits per heavy atom. The quantitative estimate of drug-likeness (QED) is 0.355. The van der Waals surface area contributed by atoms with Gasteiger partial charge in [-0.25, -0.2) is 9.37 Å². The lowest BCUT2D eigenvalue weighted by atomic mass is 10.2. The number of amides is 2. The smallest absolute Gasteiger partial charge is 0.313 e. The molecular formula is C20H17FN4O4S. The minimum absolute atomic E-state index is 0.159. The first-order chi connectivity index (χ1) is 14.3. The van der Waals surface area contributed by atoms with Gasteiger partial charge in [-0.1, -0.05) is 6.07 Å². The number of aryl methyl sites for hydroxylation is 1. The molecule has 1 aromatic heterocycles. The molecule has 0 aliphatic carbocycles. The van der Waals surface area contributed by atoms with E-state index in [0.717, 1.165) is 21.1 Å². The van der Waals surface area contributed by atoms with Crippen LogP contribution in [-0.4, -0.2) is 28.3 Å². The van der Waals surface area contributed by atoms with E-state index in [1.165, 1.54) is 47.7 Å². The number of hydrogen-bond acceptors (Lipinski definition) is 6. The normalized spacial score (nSPS) is 10.5. The number of nitro groups is 1. The van der Waals surface area contributed by atoms with Crippen LogP contribution in [0.15, 0.2) is 48.5 Å². The van der Waals surface area contributed by atoms with E-state index >= 15 is 0 Å². The van der Waals surface area contributed by atoms with Crippen molar-refractivity contribution < 1.29 is 18.9 Å². The monoisotopic (exact) mass is 428 g/mol. The Kier molecular flexibility index (Phi) is 6.48. The van der Waals surface area contributed by atoms with E-state index in [-0.39, 0.29) is 23.7 Å². The second-order valence-electron chi connectivity index (χ2n) is 6.30. The van der Waals surface area contributed by atoms with Crippen LogP contribution in [0.25, 0.3) is 10.6 Å². The van der Waals surface area contributed by atoms with Gasteiger partial charge in [0.05, 0.1) is 10.6 Å². The highest BCUT2D eigenvalue weighted by Crippen LogP contribution is 2.28. The van der Waals surface area contributed by atoms with E-state index in [9.17, 15) is 24.1 Å². The summed E-state index contributed by atoms with van der Waals surface area (Å²) in [6.07, 6.45) is 0.473. The van der Waals surface area contributed by atoms with Crippen molar-refractivity contribution in [2.45, 2.75) is 13.3 Å². The second kappa shape index (κ2) is 9.23. The predicted octanol–water partition coefficient (Wildman–Crippen LogP) is 3.46. The summed E-state index contributed by atoms with van der Waals surface area (Å²) in [5.74, 6) is -2.08. The van der Waals surface area contributed by atoms with Crippen LogP contribution in [-0.2, 0) is 16.0 Å². The van der Waals surface area contributed by atoms with Crippen molar-refractivity contribution in [3.8, 4) is 10.6 Å². The SMILES string of the molecule is Cc1nc(-c2ccc(F)cc2)sc1CCNC(=O)C(=O)Nc1cccc([N+](=O)[O-])c1. The number of carbonyl (C=O) groups excluding carboxylic acids is 2. The molecule has 8 nitrogen and oxygen atoms in total. The third kappa shape index (κ3) is 5.23. The van der Waals surface area contributed by atoms with Crippen LogP contribution in [0.4, 0.5) is 15.8 Å². The van der Waals surface area contributed by atoms with Gasteiger partial charge in [0.2, 0.25) is 0 Å². The van der Waals surface area contributed by atoms with Gasteiger partial charge in [-0.3, -0.25) is 19.7 Å². The van der Waals surface area contributed by atoms with Crippen LogP contribution in [0.2, 0.25) is 0 Å². The molecule has 1 heterocycles. The second-order valence-corrected chi connectivity index (χ2v) is 7.39. The summed E-state index contributed by atoms with van der Waals surface area (Å²) in [6.45, 7) is 2.06. The van der Waals surface area contributed by atoms with E-state index in [2.05, 4.69) is 15.6 Å². The number of nitrogens with one attached hydrogen (secondary N) is 2. The molecule has 0 fully saturated rings. The summed E-state index contributed by atoms with van der Waals surface area (Å²) in [4.78, 5) is 39.6. The molecule has 0 radical (unpaired) electrons. The van der Waals surface area contributed by atoms with Crippen LogP contribution >= 0.6 is 11.3 Å². The average molecular weight is 428 g/mol. The van der Waals surface area contributed by atoms with Crippen LogP contribution < -0.4 is 10.6 Å². The maximum Gasteiger partial charge on any atom is 0.313 e. The molecule has 0 aliphatic rings. The fourth-order valence-corrected chi connectivity index (χ4v) is 3.70. The lowest BCUT2D eigenvalue weighted by Gasteiger charge is -2.06. The van der Waals surface area contributed by atoms with E-state index in [4.69, 9.17) is 0 Å². The zero-order valence-electron chi connectivity index (χ0n) is 15.8. The standard InChI is InChI=1S/C20H17FN4O4S/c1-12-17(30-20(23-12)13-5-7-14(21)8-6-13)9-10-22-18(26)19(27)24-15-3-2-4-16(11-15)25(28)29/h2-8,11H,9-10H2,1H3,(H,22,26)(H,24,27). The molecule has 0 saturated carbocycles. The molecule has 154 valence electrons. The van der Waals surface area contributed by atoms with Crippen molar-refractivity contribution in [3.05, 3.63) is 75.0 Å². The molecule has 10 heteroatoms. The van der Waals surface area contributed by atoms with Gasteiger partial charge in [-0.15, -0.1) is 11.3 Å². The minimum atomic E-state index is -0.913. The Labute approximate surface area is 174 Å². The third-order valence-electron chi connectivity index (χ3n) is 4.14. The van der Waals surface area contributed by atoms with E-state index in [1.54, 1.807) is 12.1 Å². The molecule has 0 unspecified atom stereocenters. The number of carbonyl (C=O) groups is 2. The first kappa shape index (κ1) is 21.1. The number of rotatable bonds is 6. The number of anilines is 1. The summed E-state index contributed by atoms with van der Waals surface area (Å²) in [5.41, 5.74) is 1.57. The Morgan fingerprint density at radius 1 is 1.17 bits per heavy atom. The number of thiazole rings is 1. The predicted molar refractivity (Wildman–Crippen MR) is 111 cm³/mol. The molecule has 0 atom stereocenters. The Hall–Kier alpha value is -3.66. The highest BCUT2D eigenvalue weighted by Gasteiger charge is 2.16. The zero-order valence-corrected chi connectivity index (χ0v) is 16.7. The number of benzene rings is 2. The van der Waals surface area contributed by atoms with E-state index in [0.29, 0.717) is 6.42 Å². The lowest BCUT2D eigenvalue weighted by Crippen LogP contribution is -2.36. The molecule has 3 rings (SSSR count). The van der Waals surface area contributed by atoms with Crippen molar-refractivity contribution in [1.29, 1.82) is 0 Å². The Balaban J connectivity index is 1.54. The van der Waals surface area contributed by atoms with Crippen molar-refractivity contribution in [3.63, 3.8) is 0 Å². The van der Waals surface area contributed by atoms with Crippen molar-refractivity contribution in [2.75, 3.05) is 11.9 Å². The van der Waals surface area contributed by atoms with E-state index in [1.807, 2.05) is 6.92 Å². The van der Waals surface area contributed by atoms with Gasteiger partial charge in [0.25, 0.3) is 5.69 Å². The molecule has 0 spiro atoms. The number of nitrogens with zero attached hydrogens (tertiary/aromatic N) is 2. The van der Waals surface area contributed by atoms with Gasteiger partial charge in [-0.05, 0) is 37.3 Å². The molecule has 0 saturated heterocycles. The molecule has 2 aromatic carbocycles. The summed E-state index contributed by atoms with van der Waals surface area (Å²) in [5, 5.41) is 16.4. The fraction of sp³-hybridized carbons (Fsp3) is 0.150. The average Bonchev–Trinajstić information content (AvgIpc) is 3.09. The minimum Gasteiger partial charge on any atom is -0.347 e. The van der Waals surface area contributed by atoms with Crippen LogP contribution in [0, 0.1) is 22.9 Å². The molecule has 30 heavy (non-hydrogen) atoms. The largest absolute Gasteiger partial charge is 0.347 e. The summed E-state index contributed by atoms with van der Waals surface area (Å²) in [6, 6.07) is 11.4. The van der Waals surface area contributed by atoms with Crippen molar-refractivity contribution in [2.24, 2.45) is 0 Å². The van der Waals surface area contributed by atoms with Gasteiger partial charge in [0, 0.05) is 41.2 Å². The highest BCUT2D eigenvalue weighted by molar-refractivity contribution is 7.15. The number of halogens is 1. The first-order valence-electron chi connectivity index (χ1n) is 8.89. The molecule has 0 bridgehead atoms. The number of nitro benzene ring substituents is 1. The fourth-order valence-electron chi connectivity index (χ4n) is 2.63. The number of non-ortho nitro benzene ring substituents is 1. The molecule has 3 aromatic rings. The van der Waals surface area contributed by atoms with Gasteiger partial charge in [-0.2, -0.15) is 0 Å². The topological polar surface area (TPSA) is 114 Å². The Morgan fingerprint density at radius 3 is 2.60 bits per heavy atom. The summed E-state index contributed by atoms with van der Waals surface area (Å²) >= 11 is 1.44. The van der Waals surface area contributed by atoms with Crippen LogP contribution in [0.5, 0.6) is 0 Å². The highest BCUT2D eigenvalue weighted by atomic mass is 32.1. The van der Waals surface area contributed by atoms with Gasteiger partial charge >= 0.3 is 11.8 Å². The van der Waals surface area contributed by atoms with Crippen LogP contribution in [0.1, 0.15) is 10.6 Å². The van der Waals surface area contributed by atoms with Gasteiger partial charge in [0.1, 0.15) is 10.8 Å². The van der Waals surface area contributed by atoms with E-state index < -0.39 is 16.7 Å². The number of aromatic nitrogens is 1. The first-order valence-corrected chi connectivity index (χ1v) is 9.71. The molecular weight excluding hydrogens is 411 g/mol. The van der Waals surface area contributed by atoms with Crippen molar-refractivity contribution >= 4 is 34.5 Å². The van der Waals surface area contributed by atoms with Gasteiger partial charge < -0.3 is 10.6 Å². The zero-order chi connectivity index (χ0) is 21.7. The number of hydrogen-bond donors (Lipinski definition) is 2. The summed E-state index contributed by atoms with van der Waals surface area (Å²) in [7, 11) is 0. The maximum absolute atomic E-state index is 13.1. The lowest BCUT2D eigenvalue weighted by molar-refractivity contribution is -0.384. The van der Waals surface area contributed by atoms with Gasteiger partial charge in [0.15, 0.2) is 0 Å². The van der Waals surface area contributed by atoms with Crippen LogP contribution in [0.3, 0.4) is 0 Å². The molecule has 0 aliphatic heterocycles. The summed E-state index contributed by atoms with van der Waals surface area (Å²) < 4.78 is 13.1. The van der Waals surface area contributed by atoms with Crippen molar-refractivity contribution in [1.82, 2.24) is 10.3 Å². The Bertz CT molecular complexity index is 1100. The molecule has 2 N–H and O–H groups in total. The molecule has 2 amide bonds.